The lowest BCUT2D eigenvalue weighted by Crippen LogP contribution is -2.44. The highest BCUT2D eigenvalue weighted by Gasteiger charge is 2.16. The molecule has 0 spiro atoms. The number of aliphatic hydroxyl groups excluding tert-OH is 1. The SMILES string of the molecule is N#Cc1ccc(CN(N)[C@@H](O)C[C@@H](N)Cc2ccccc2)cc1. The first-order valence-corrected chi connectivity index (χ1v) is 7.56. The van der Waals surface area contributed by atoms with Crippen molar-refractivity contribution in [3.63, 3.8) is 0 Å². The first kappa shape index (κ1) is 17.1. The third-order valence-corrected chi connectivity index (χ3v) is 3.69. The zero-order chi connectivity index (χ0) is 16.7. The Labute approximate surface area is 136 Å². The third-order valence-electron chi connectivity index (χ3n) is 3.69. The van der Waals surface area contributed by atoms with E-state index in [2.05, 4.69) is 6.07 Å². The Morgan fingerprint density at radius 1 is 1.04 bits per heavy atom. The van der Waals surface area contributed by atoms with Gasteiger partial charge in [0.1, 0.15) is 6.23 Å². The Morgan fingerprint density at radius 2 is 1.70 bits per heavy atom. The standard InChI is InChI=1S/C18H22N4O/c19-12-15-6-8-16(9-7-15)13-22(21)18(23)11-17(20)10-14-4-2-1-3-5-14/h1-9,17-18,23H,10-11,13,20-21H2/t17-,18-/m0/s1. The zero-order valence-electron chi connectivity index (χ0n) is 13.0. The van der Waals surface area contributed by atoms with Crippen molar-refractivity contribution in [3.05, 3.63) is 71.3 Å². The van der Waals surface area contributed by atoms with Gasteiger partial charge in [-0.3, -0.25) is 5.84 Å². The van der Waals surface area contributed by atoms with Crippen LogP contribution in [0.4, 0.5) is 0 Å². The number of benzene rings is 2. The van der Waals surface area contributed by atoms with Crippen LogP contribution >= 0.6 is 0 Å². The van der Waals surface area contributed by atoms with Crippen molar-refractivity contribution in [2.75, 3.05) is 0 Å². The molecule has 0 bridgehead atoms. The minimum absolute atomic E-state index is 0.167. The summed E-state index contributed by atoms with van der Waals surface area (Å²) in [5.41, 5.74) is 8.77. The van der Waals surface area contributed by atoms with Crippen molar-refractivity contribution in [3.8, 4) is 6.07 Å². The maximum Gasteiger partial charge on any atom is 0.121 e. The molecule has 2 aromatic carbocycles. The van der Waals surface area contributed by atoms with Gasteiger partial charge in [0.2, 0.25) is 0 Å². The summed E-state index contributed by atoms with van der Waals surface area (Å²) in [5, 5.41) is 20.3. The average molecular weight is 310 g/mol. The average Bonchev–Trinajstić information content (AvgIpc) is 2.56. The van der Waals surface area contributed by atoms with Crippen LogP contribution in [0, 0.1) is 11.3 Å². The van der Waals surface area contributed by atoms with Gasteiger partial charge in [-0.25, -0.2) is 5.01 Å². The molecule has 5 nitrogen and oxygen atoms in total. The quantitative estimate of drug-likeness (QED) is 0.409. The maximum absolute atomic E-state index is 10.2. The molecule has 2 aromatic rings. The van der Waals surface area contributed by atoms with Crippen LogP contribution in [-0.4, -0.2) is 22.4 Å². The van der Waals surface area contributed by atoms with Gasteiger partial charge in [-0.15, -0.1) is 0 Å². The number of hydrazine groups is 1. The van der Waals surface area contributed by atoms with E-state index < -0.39 is 6.23 Å². The van der Waals surface area contributed by atoms with Gasteiger partial charge in [0.25, 0.3) is 0 Å². The summed E-state index contributed by atoms with van der Waals surface area (Å²) in [6, 6.07) is 19.0. The minimum Gasteiger partial charge on any atom is -0.377 e. The molecule has 0 heterocycles. The van der Waals surface area contributed by atoms with E-state index >= 15 is 0 Å². The molecule has 120 valence electrons. The van der Waals surface area contributed by atoms with Gasteiger partial charge in [-0.1, -0.05) is 42.5 Å². The van der Waals surface area contributed by atoms with E-state index in [1.54, 1.807) is 12.1 Å². The summed E-state index contributed by atoms with van der Waals surface area (Å²) < 4.78 is 0. The molecule has 0 aromatic heterocycles. The molecule has 23 heavy (non-hydrogen) atoms. The fourth-order valence-corrected chi connectivity index (χ4v) is 2.41. The highest BCUT2D eigenvalue weighted by molar-refractivity contribution is 5.31. The van der Waals surface area contributed by atoms with E-state index in [0.29, 0.717) is 24.9 Å². The van der Waals surface area contributed by atoms with Crippen LogP contribution < -0.4 is 11.6 Å². The minimum atomic E-state index is -0.815. The Hall–Kier alpha value is -2.23. The second kappa shape index (κ2) is 8.42. The molecule has 2 atom stereocenters. The summed E-state index contributed by atoms with van der Waals surface area (Å²) in [7, 11) is 0. The molecule has 0 saturated heterocycles. The summed E-state index contributed by atoms with van der Waals surface area (Å²) in [5.74, 6) is 5.92. The van der Waals surface area contributed by atoms with Crippen LogP contribution in [0.1, 0.15) is 23.1 Å². The van der Waals surface area contributed by atoms with Gasteiger partial charge in [-0.2, -0.15) is 5.26 Å². The summed E-state index contributed by atoms with van der Waals surface area (Å²) >= 11 is 0. The molecular formula is C18H22N4O. The molecule has 0 saturated carbocycles. The topological polar surface area (TPSA) is 99.3 Å². The van der Waals surface area contributed by atoms with Crippen LogP contribution in [0.2, 0.25) is 0 Å². The van der Waals surface area contributed by atoms with Crippen LogP contribution in [-0.2, 0) is 13.0 Å². The molecule has 5 N–H and O–H groups in total. The van der Waals surface area contributed by atoms with Crippen LogP contribution in [0.25, 0.3) is 0 Å². The molecule has 2 rings (SSSR count). The fraction of sp³-hybridized carbons (Fsp3) is 0.278. The Morgan fingerprint density at radius 3 is 2.30 bits per heavy atom. The van der Waals surface area contributed by atoms with Crippen molar-refractivity contribution >= 4 is 0 Å². The van der Waals surface area contributed by atoms with Crippen LogP contribution in [0.5, 0.6) is 0 Å². The summed E-state index contributed by atoms with van der Waals surface area (Å²) in [4.78, 5) is 0. The number of nitrogens with zero attached hydrogens (tertiary/aromatic N) is 2. The summed E-state index contributed by atoms with van der Waals surface area (Å²) in [6.07, 6.45) is 0.272. The second-order valence-electron chi connectivity index (χ2n) is 5.65. The highest BCUT2D eigenvalue weighted by atomic mass is 16.3. The number of rotatable bonds is 7. The van der Waals surface area contributed by atoms with E-state index in [9.17, 15) is 5.11 Å². The van der Waals surface area contributed by atoms with Gasteiger partial charge in [0.05, 0.1) is 11.6 Å². The number of hydrogen-bond acceptors (Lipinski definition) is 5. The first-order chi connectivity index (χ1) is 11.1. The smallest absolute Gasteiger partial charge is 0.121 e. The fourth-order valence-electron chi connectivity index (χ4n) is 2.41. The molecule has 5 heteroatoms. The Kier molecular flexibility index (Phi) is 6.27. The first-order valence-electron chi connectivity index (χ1n) is 7.56. The molecule has 0 fully saturated rings. The van der Waals surface area contributed by atoms with Gasteiger partial charge >= 0.3 is 0 Å². The Balaban J connectivity index is 1.84. The Bertz CT molecular complexity index is 636. The highest BCUT2D eigenvalue weighted by Crippen LogP contribution is 2.10. The van der Waals surface area contributed by atoms with Gasteiger partial charge in [0.15, 0.2) is 0 Å². The van der Waals surface area contributed by atoms with Crippen molar-refractivity contribution in [1.82, 2.24) is 5.01 Å². The van der Waals surface area contributed by atoms with Crippen molar-refractivity contribution in [1.29, 1.82) is 5.26 Å². The molecule has 0 aliphatic heterocycles. The summed E-state index contributed by atoms with van der Waals surface area (Å²) in [6.45, 7) is 0.394. The lowest BCUT2D eigenvalue weighted by Gasteiger charge is -2.25. The monoisotopic (exact) mass is 310 g/mol. The largest absolute Gasteiger partial charge is 0.377 e. The van der Waals surface area contributed by atoms with Gasteiger partial charge in [0, 0.05) is 19.0 Å². The van der Waals surface area contributed by atoms with Gasteiger partial charge in [-0.05, 0) is 29.7 Å². The van der Waals surface area contributed by atoms with Gasteiger partial charge < -0.3 is 10.8 Å². The van der Waals surface area contributed by atoms with E-state index in [4.69, 9.17) is 16.8 Å². The zero-order valence-corrected chi connectivity index (χ0v) is 13.0. The van der Waals surface area contributed by atoms with Crippen molar-refractivity contribution in [2.45, 2.75) is 31.7 Å². The molecule has 0 amide bonds. The maximum atomic E-state index is 10.2. The van der Waals surface area contributed by atoms with E-state index in [1.165, 1.54) is 5.01 Å². The van der Waals surface area contributed by atoms with Crippen molar-refractivity contribution < 1.29 is 5.11 Å². The number of nitriles is 1. The predicted octanol–water partition coefficient (Wildman–Crippen LogP) is 1.51. The third kappa shape index (κ3) is 5.47. The van der Waals surface area contributed by atoms with Crippen LogP contribution in [0.15, 0.2) is 54.6 Å². The molecule has 0 aliphatic carbocycles. The molecule has 0 unspecified atom stereocenters. The van der Waals surface area contributed by atoms with E-state index in [1.807, 2.05) is 42.5 Å². The predicted molar refractivity (Wildman–Crippen MR) is 89.6 cm³/mol. The lowest BCUT2D eigenvalue weighted by atomic mass is 10.0. The number of hydrogen-bond donors (Lipinski definition) is 3. The lowest BCUT2D eigenvalue weighted by molar-refractivity contribution is -0.0135. The molecular weight excluding hydrogens is 288 g/mol. The number of nitrogens with two attached hydrogens (primary N) is 2. The molecule has 0 aliphatic rings. The normalized spacial score (nSPS) is 13.5. The van der Waals surface area contributed by atoms with Crippen LogP contribution in [0.3, 0.4) is 0 Å². The number of aliphatic hydroxyl groups is 1. The second-order valence-corrected chi connectivity index (χ2v) is 5.65. The van der Waals surface area contributed by atoms with E-state index in [-0.39, 0.29) is 6.04 Å². The van der Waals surface area contributed by atoms with Crippen molar-refractivity contribution in [2.24, 2.45) is 11.6 Å². The molecule has 0 radical (unpaired) electrons. The van der Waals surface area contributed by atoms with E-state index in [0.717, 1.165) is 11.1 Å².